The van der Waals surface area contributed by atoms with Gasteiger partial charge in [0.2, 0.25) is 5.91 Å². The van der Waals surface area contributed by atoms with Gasteiger partial charge in [0.25, 0.3) is 5.91 Å². The van der Waals surface area contributed by atoms with Crippen molar-refractivity contribution in [2.24, 2.45) is 5.73 Å². The van der Waals surface area contributed by atoms with Crippen molar-refractivity contribution >= 4 is 29.4 Å². The molecule has 1 aliphatic carbocycles. The molecule has 36 heavy (non-hydrogen) atoms. The minimum absolute atomic E-state index is 0.00710. The van der Waals surface area contributed by atoms with Gasteiger partial charge in [0, 0.05) is 22.4 Å². The fourth-order valence-electron chi connectivity index (χ4n) is 4.42. The average molecular weight is 515 g/mol. The number of aliphatic hydroxyl groups excluding tert-OH is 1. The number of amides is 2. The van der Waals surface area contributed by atoms with E-state index in [-0.39, 0.29) is 35.4 Å². The number of hydrogen-bond donors (Lipinski definition) is 5. The number of hydrogen-bond acceptors (Lipinski definition) is 7. The number of nitrogens with zero attached hydrogens (tertiary/aromatic N) is 1. The molecule has 8 nitrogen and oxygen atoms in total. The minimum atomic E-state index is -1.17. The number of benzene rings is 1. The van der Waals surface area contributed by atoms with Crippen LogP contribution in [0.25, 0.3) is 0 Å². The molecule has 0 saturated heterocycles. The molecule has 2 heterocycles. The molecule has 0 bridgehead atoms. The summed E-state index contributed by atoms with van der Waals surface area (Å²) in [6, 6.07) is 9.55. The van der Waals surface area contributed by atoms with Crippen LogP contribution in [0, 0.1) is 5.82 Å². The van der Waals surface area contributed by atoms with Gasteiger partial charge in [-0.15, -0.1) is 0 Å². The second-order valence-corrected chi connectivity index (χ2v) is 11.0. The van der Waals surface area contributed by atoms with E-state index in [1.54, 1.807) is 44.2 Å². The van der Waals surface area contributed by atoms with Crippen LogP contribution in [0.3, 0.4) is 0 Å². The number of pyridine rings is 1. The van der Waals surface area contributed by atoms with Gasteiger partial charge in [0.1, 0.15) is 17.3 Å². The number of rotatable bonds is 7. The highest BCUT2D eigenvalue weighted by Gasteiger charge is 2.32. The summed E-state index contributed by atoms with van der Waals surface area (Å²) in [4.78, 5) is 29.3. The Morgan fingerprint density at radius 1 is 1.17 bits per heavy atom. The van der Waals surface area contributed by atoms with Gasteiger partial charge in [-0.05, 0) is 69.7 Å². The predicted molar refractivity (Wildman–Crippen MR) is 136 cm³/mol. The van der Waals surface area contributed by atoms with E-state index in [1.807, 2.05) is 0 Å². The summed E-state index contributed by atoms with van der Waals surface area (Å²) in [5, 5.41) is 25.9. The second-order valence-electron chi connectivity index (χ2n) is 9.79. The SMILES string of the molecule is CC(C)(O)c1ccc(C2CC(C(N)=O)=C(Nc3cccc(C(=O)NC4CCC(O)CC4)n3)S2)c(F)c1. The van der Waals surface area contributed by atoms with Gasteiger partial charge in [0.15, 0.2) is 0 Å². The molecule has 6 N–H and O–H groups in total. The molecule has 0 spiro atoms. The van der Waals surface area contributed by atoms with E-state index in [2.05, 4.69) is 15.6 Å². The molecule has 1 unspecified atom stereocenters. The zero-order valence-corrected chi connectivity index (χ0v) is 21.1. The first-order valence-electron chi connectivity index (χ1n) is 12.0. The molecule has 2 amide bonds. The monoisotopic (exact) mass is 514 g/mol. The Labute approximate surface area is 213 Å². The third-order valence-corrected chi connectivity index (χ3v) is 7.82. The third kappa shape index (κ3) is 6.05. The molecule has 1 fully saturated rings. The number of carbonyl (C=O) groups is 2. The van der Waals surface area contributed by atoms with E-state index in [9.17, 15) is 24.2 Å². The molecule has 0 radical (unpaired) electrons. The summed E-state index contributed by atoms with van der Waals surface area (Å²) in [5.41, 5.74) is 5.85. The van der Waals surface area contributed by atoms with Crippen molar-refractivity contribution in [3.63, 3.8) is 0 Å². The van der Waals surface area contributed by atoms with Crippen molar-refractivity contribution in [1.82, 2.24) is 10.3 Å². The lowest BCUT2D eigenvalue weighted by molar-refractivity contribution is -0.114. The highest BCUT2D eigenvalue weighted by Crippen LogP contribution is 2.48. The van der Waals surface area contributed by atoms with Crippen molar-refractivity contribution in [1.29, 1.82) is 0 Å². The van der Waals surface area contributed by atoms with Gasteiger partial charge < -0.3 is 26.6 Å². The molecular formula is C26H31FN4O4S. The van der Waals surface area contributed by atoms with Crippen LogP contribution in [0.1, 0.15) is 72.8 Å². The lowest BCUT2D eigenvalue weighted by Crippen LogP contribution is -2.38. The van der Waals surface area contributed by atoms with E-state index in [1.165, 1.54) is 17.8 Å². The fraction of sp³-hybridized carbons (Fsp3) is 0.423. The van der Waals surface area contributed by atoms with Crippen molar-refractivity contribution in [3.05, 3.63) is 69.6 Å². The van der Waals surface area contributed by atoms with Crippen molar-refractivity contribution in [2.45, 2.75) is 68.9 Å². The van der Waals surface area contributed by atoms with Crippen molar-refractivity contribution in [3.8, 4) is 0 Å². The van der Waals surface area contributed by atoms with E-state index >= 15 is 0 Å². The predicted octanol–water partition coefficient (Wildman–Crippen LogP) is 3.47. The van der Waals surface area contributed by atoms with Crippen LogP contribution >= 0.6 is 11.8 Å². The average Bonchev–Trinajstić information content (AvgIpc) is 3.23. The van der Waals surface area contributed by atoms with Crippen LogP contribution in [0.2, 0.25) is 0 Å². The number of halogens is 1. The maximum atomic E-state index is 14.9. The van der Waals surface area contributed by atoms with Crippen LogP contribution in [0.4, 0.5) is 10.2 Å². The van der Waals surface area contributed by atoms with Crippen LogP contribution in [0.15, 0.2) is 47.0 Å². The first-order chi connectivity index (χ1) is 17.0. The second kappa shape index (κ2) is 10.6. The zero-order valence-electron chi connectivity index (χ0n) is 20.3. The van der Waals surface area contributed by atoms with E-state index in [0.29, 0.717) is 53.2 Å². The minimum Gasteiger partial charge on any atom is -0.393 e. The van der Waals surface area contributed by atoms with Gasteiger partial charge in [-0.3, -0.25) is 9.59 Å². The summed E-state index contributed by atoms with van der Waals surface area (Å²) >= 11 is 1.27. The molecule has 2 aromatic rings. The number of aliphatic hydroxyl groups is 2. The molecule has 10 heteroatoms. The molecule has 1 aliphatic heterocycles. The van der Waals surface area contributed by atoms with Gasteiger partial charge in [0.05, 0.1) is 16.7 Å². The first-order valence-corrected chi connectivity index (χ1v) is 12.8. The Balaban J connectivity index is 1.48. The molecule has 4 rings (SSSR count). The van der Waals surface area contributed by atoms with Gasteiger partial charge >= 0.3 is 0 Å². The molecule has 2 aliphatic rings. The summed E-state index contributed by atoms with van der Waals surface area (Å²) in [5.74, 6) is -1.03. The van der Waals surface area contributed by atoms with Crippen LogP contribution in [-0.4, -0.2) is 39.2 Å². The van der Waals surface area contributed by atoms with Gasteiger partial charge in [-0.1, -0.05) is 30.0 Å². The lowest BCUT2D eigenvalue weighted by Gasteiger charge is -2.26. The Kier molecular flexibility index (Phi) is 7.67. The fourth-order valence-corrected chi connectivity index (χ4v) is 5.76. The van der Waals surface area contributed by atoms with E-state index < -0.39 is 17.3 Å². The molecule has 1 aromatic heterocycles. The lowest BCUT2D eigenvalue weighted by atomic mass is 9.93. The van der Waals surface area contributed by atoms with Crippen LogP contribution < -0.4 is 16.4 Å². The summed E-state index contributed by atoms with van der Waals surface area (Å²) in [6.45, 7) is 3.17. The molecular weight excluding hydrogens is 483 g/mol. The van der Waals surface area contributed by atoms with Crippen LogP contribution in [-0.2, 0) is 10.4 Å². The molecule has 1 atom stereocenters. The Morgan fingerprint density at radius 3 is 2.53 bits per heavy atom. The number of carbonyl (C=O) groups excluding carboxylic acids is 2. The molecule has 192 valence electrons. The smallest absolute Gasteiger partial charge is 0.270 e. The maximum absolute atomic E-state index is 14.9. The molecule has 1 saturated carbocycles. The number of anilines is 1. The summed E-state index contributed by atoms with van der Waals surface area (Å²) in [6.07, 6.45) is 2.66. The zero-order chi connectivity index (χ0) is 26.0. The highest BCUT2D eigenvalue weighted by molar-refractivity contribution is 8.03. The van der Waals surface area contributed by atoms with E-state index in [4.69, 9.17) is 5.73 Å². The Bertz CT molecular complexity index is 1190. The van der Waals surface area contributed by atoms with Crippen molar-refractivity contribution < 1.29 is 24.2 Å². The largest absolute Gasteiger partial charge is 0.393 e. The Hall–Kier alpha value is -2.95. The standard InChI is InChI=1S/C26H31FN4O4S/c1-26(2,35)14-6-11-17(19(27)12-14)21-13-18(23(28)33)25(36-21)31-22-5-3-4-20(30-22)24(34)29-15-7-9-16(32)10-8-15/h3-6,11-12,15-16,21,32,35H,7-10,13H2,1-2H3,(H2,28,33)(H,29,34)(H,30,31). The first kappa shape index (κ1) is 26.1. The summed E-state index contributed by atoms with van der Waals surface area (Å²) < 4.78 is 14.9. The normalized spacial score (nSPS) is 22.4. The highest BCUT2D eigenvalue weighted by atomic mass is 32.2. The van der Waals surface area contributed by atoms with E-state index in [0.717, 1.165) is 0 Å². The van der Waals surface area contributed by atoms with Crippen LogP contribution in [0.5, 0.6) is 0 Å². The van der Waals surface area contributed by atoms with Gasteiger partial charge in [-0.25, -0.2) is 9.37 Å². The third-order valence-electron chi connectivity index (χ3n) is 6.53. The Morgan fingerprint density at radius 2 is 1.89 bits per heavy atom. The van der Waals surface area contributed by atoms with Crippen molar-refractivity contribution in [2.75, 3.05) is 5.32 Å². The number of aromatic nitrogens is 1. The number of primary amides is 1. The number of nitrogens with two attached hydrogens (primary N) is 1. The number of nitrogens with one attached hydrogen (secondary N) is 2. The summed E-state index contributed by atoms with van der Waals surface area (Å²) in [7, 11) is 0. The quantitative estimate of drug-likeness (QED) is 0.381. The number of thioether (sulfide) groups is 1. The maximum Gasteiger partial charge on any atom is 0.270 e. The van der Waals surface area contributed by atoms with Gasteiger partial charge in [-0.2, -0.15) is 0 Å². The topological polar surface area (TPSA) is 138 Å². The molecule has 1 aromatic carbocycles.